The molecule has 1 aromatic heterocycles. The number of methoxy groups -OCH3 is 1. The number of carbonyl (C=O) groups is 1. The number of aromatic nitrogens is 2. The highest BCUT2D eigenvalue weighted by atomic mass is 16.5. The van der Waals surface area contributed by atoms with Gasteiger partial charge in [-0.15, -0.1) is 0 Å². The molecule has 0 aliphatic carbocycles. The van der Waals surface area contributed by atoms with Gasteiger partial charge in [0, 0.05) is 13.7 Å². The fraction of sp³-hybridized carbons (Fsp3) is 0.667. The van der Waals surface area contributed by atoms with E-state index in [0.29, 0.717) is 18.7 Å². The minimum atomic E-state index is -0.355. The fourth-order valence-corrected chi connectivity index (χ4v) is 1.81. The van der Waals surface area contributed by atoms with Gasteiger partial charge in [-0.3, -0.25) is 9.89 Å². The Bertz CT molecular complexity index is 400. The summed E-state index contributed by atoms with van der Waals surface area (Å²) in [6.45, 7) is 2.33. The number of nitrogens with two attached hydrogens (primary N) is 1. The highest BCUT2D eigenvalue weighted by Gasteiger charge is 2.19. The molecule has 0 saturated carbocycles. The lowest BCUT2D eigenvalue weighted by atomic mass is 10.2. The number of anilines is 1. The molecule has 0 spiro atoms. The fourth-order valence-electron chi connectivity index (χ4n) is 1.81. The number of nitrogens with zero attached hydrogens (tertiary/aromatic N) is 1. The van der Waals surface area contributed by atoms with Gasteiger partial charge in [-0.1, -0.05) is 13.3 Å². The van der Waals surface area contributed by atoms with Gasteiger partial charge in [0.1, 0.15) is 0 Å². The van der Waals surface area contributed by atoms with Gasteiger partial charge < -0.3 is 20.9 Å². The van der Waals surface area contributed by atoms with Gasteiger partial charge >= 0.3 is 0 Å². The van der Waals surface area contributed by atoms with E-state index < -0.39 is 0 Å². The van der Waals surface area contributed by atoms with Gasteiger partial charge in [0.2, 0.25) is 0 Å². The second-order valence-electron chi connectivity index (χ2n) is 4.35. The second kappa shape index (κ2) is 7.75. The van der Waals surface area contributed by atoms with Crippen LogP contribution in [0, 0.1) is 0 Å². The average Bonchev–Trinajstić information content (AvgIpc) is 2.72. The Balaban J connectivity index is 2.71. The molecule has 1 amide bonds. The quantitative estimate of drug-likeness (QED) is 0.534. The molecule has 5 N–H and O–H groups in total. The Kier molecular flexibility index (Phi) is 6.31. The predicted molar refractivity (Wildman–Crippen MR) is 71.8 cm³/mol. The zero-order valence-corrected chi connectivity index (χ0v) is 11.4. The number of rotatable bonds is 8. The first-order valence-corrected chi connectivity index (χ1v) is 6.37. The molecule has 108 valence electrons. The van der Waals surface area contributed by atoms with E-state index in [4.69, 9.17) is 15.6 Å². The maximum Gasteiger partial charge on any atom is 0.274 e. The van der Waals surface area contributed by atoms with Crippen molar-refractivity contribution in [1.29, 1.82) is 0 Å². The van der Waals surface area contributed by atoms with Crippen LogP contribution in [0.4, 0.5) is 5.69 Å². The number of H-pyrrole nitrogens is 1. The largest absolute Gasteiger partial charge is 0.396 e. The summed E-state index contributed by atoms with van der Waals surface area (Å²) in [5.74, 6) is -0.355. The van der Waals surface area contributed by atoms with Crippen LogP contribution in [0.5, 0.6) is 0 Å². The van der Waals surface area contributed by atoms with Crippen LogP contribution in [-0.2, 0) is 11.2 Å². The van der Waals surface area contributed by atoms with Crippen LogP contribution in [0.2, 0.25) is 0 Å². The van der Waals surface area contributed by atoms with E-state index in [1.165, 1.54) is 0 Å². The van der Waals surface area contributed by atoms with Crippen LogP contribution >= 0.6 is 0 Å². The number of aromatic amines is 1. The van der Waals surface area contributed by atoms with E-state index in [0.717, 1.165) is 18.5 Å². The number of hydrogen-bond donors (Lipinski definition) is 4. The molecular formula is C12H22N4O3. The predicted octanol–water partition coefficient (Wildman–Crippen LogP) is 0.0716. The lowest BCUT2D eigenvalue weighted by molar-refractivity contribution is 0.0874. The molecule has 0 saturated heterocycles. The van der Waals surface area contributed by atoms with Gasteiger partial charge in [0.05, 0.1) is 24.0 Å². The van der Waals surface area contributed by atoms with Crippen molar-refractivity contribution in [2.45, 2.75) is 32.2 Å². The third-order valence-electron chi connectivity index (χ3n) is 2.78. The molecule has 0 fully saturated rings. The van der Waals surface area contributed by atoms with E-state index in [-0.39, 0.29) is 24.2 Å². The van der Waals surface area contributed by atoms with Crippen molar-refractivity contribution >= 4 is 11.6 Å². The van der Waals surface area contributed by atoms with Crippen LogP contribution in [0.3, 0.4) is 0 Å². The molecule has 0 aliphatic heterocycles. The minimum absolute atomic E-state index is 0.0224. The Hall–Kier alpha value is -1.60. The summed E-state index contributed by atoms with van der Waals surface area (Å²) < 4.78 is 4.98. The number of nitrogens with one attached hydrogen (secondary N) is 2. The van der Waals surface area contributed by atoms with Crippen LogP contribution in [0.25, 0.3) is 0 Å². The Labute approximate surface area is 112 Å². The second-order valence-corrected chi connectivity index (χ2v) is 4.35. The molecule has 1 aromatic rings. The van der Waals surface area contributed by atoms with Crippen LogP contribution in [0.1, 0.15) is 35.9 Å². The van der Waals surface area contributed by atoms with Crippen molar-refractivity contribution in [3.63, 3.8) is 0 Å². The molecule has 7 nitrogen and oxygen atoms in total. The summed E-state index contributed by atoms with van der Waals surface area (Å²) in [4.78, 5) is 12.0. The lowest BCUT2D eigenvalue weighted by Gasteiger charge is -2.16. The van der Waals surface area contributed by atoms with Crippen LogP contribution < -0.4 is 11.1 Å². The number of aliphatic hydroxyl groups excluding tert-OH is 1. The van der Waals surface area contributed by atoms with Crippen molar-refractivity contribution in [3.8, 4) is 0 Å². The molecule has 1 atom stereocenters. The summed E-state index contributed by atoms with van der Waals surface area (Å²) in [7, 11) is 1.54. The normalized spacial score (nSPS) is 12.4. The molecule has 0 radical (unpaired) electrons. The number of aliphatic hydroxyl groups is 1. The minimum Gasteiger partial charge on any atom is -0.396 e. The summed E-state index contributed by atoms with van der Waals surface area (Å²) in [5.41, 5.74) is 7.24. The first-order valence-electron chi connectivity index (χ1n) is 6.37. The molecule has 0 aliphatic rings. The number of nitrogen functional groups attached to an aromatic ring is 1. The SMILES string of the molecule is CCCc1[nH]nc(C(=O)NC(CCO)COC)c1N. The van der Waals surface area contributed by atoms with E-state index in [9.17, 15) is 4.79 Å². The van der Waals surface area contributed by atoms with Gasteiger partial charge in [-0.25, -0.2) is 0 Å². The van der Waals surface area contributed by atoms with Crippen LogP contribution in [0.15, 0.2) is 0 Å². The highest BCUT2D eigenvalue weighted by molar-refractivity contribution is 5.97. The lowest BCUT2D eigenvalue weighted by Crippen LogP contribution is -2.39. The van der Waals surface area contributed by atoms with Crippen molar-refractivity contribution < 1.29 is 14.6 Å². The maximum atomic E-state index is 12.0. The zero-order valence-electron chi connectivity index (χ0n) is 11.4. The first kappa shape index (κ1) is 15.5. The summed E-state index contributed by atoms with van der Waals surface area (Å²) >= 11 is 0. The smallest absolute Gasteiger partial charge is 0.274 e. The average molecular weight is 270 g/mol. The zero-order chi connectivity index (χ0) is 14.3. The van der Waals surface area contributed by atoms with E-state index in [2.05, 4.69) is 15.5 Å². The van der Waals surface area contributed by atoms with Crippen molar-refractivity contribution in [2.24, 2.45) is 0 Å². The van der Waals surface area contributed by atoms with E-state index >= 15 is 0 Å². The third kappa shape index (κ3) is 4.22. The van der Waals surface area contributed by atoms with Crippen LogP contribution in [-0.4, -0.2) is 47.6 Å². The number of hydrogen-bond acceptors (Lipinski definition) is 5. The molecule has 0 aromatic carbocycles. The van der Waals surface area contributed by atoms with E-state index in [1.807, 2.05) is 6.92 Å². The number of carbonyl (C=O) groups excluding carboxylic acids is 1. The van der Waals surface area contributed by atoms with Crippen molar-refractivity contribution in [3.05, 3.63) is 11.4 Å². The van der Waals surface area contributed by atoms with Gasteiger partial charge in [0.15, 0.2) is 5.69 Å². The van der Waals surface area contributed by atoms with Gasteiger partial charge in [-0.05, 0) is 12.8 Å². The van der Waals surface area contributed by atoms with Gasteiger partial charge in [0.25, 0.3) is 5.91 Å². The molecule has 1 unspecified atom stereocenters. The van der Waals surface area contributed by atoms with E-state index in [1.54, 1.807) is 7.11 Å². The molecule has 1 heterocycles. The molecule has 7 heteroatoms. The molecule has 19 heavy (non-hydrogen) atoms. The monoisotopic (exact) mass is 270 g/mol. The third-order valence-corrected chi connectivity index (χ3v) is 2.78. The summed E-state index contributed by atoms with van der Waals surface area (Å²) in [5, 5.41) is 18.4. The molecule has 0 bridgehead atoms. The maximum absolute atomic E-state index is 12.0. The van der Waals surface area contributed by atoms with Crippen molar-refractivity contribution in [1.82, 2.24) is 15.5 Å². The Morgan fingerprint density at radius 1 is 1.63 bits per heavy atom. The Morgan fingerprint density at radius 2 is 2.37 bits per heavy atom. The summed E-state index contributed by atoms with van der Waals surface area (Å²) in [6.07, 6.45) is 2.10. The Morgan fingerprint density at radius 3 is 2.95 bits per heavy atom. The number of ether oxygens (including phenoxy) is 1. The number of amides is 1. The molecule has 1 rings (SSSR count). The van der Waals surface area contributed by atoms with Crippen molar-refractivity contribution in [2.75, 3.05) is 26.1 Å². The molecular weight excluding hydrogens is 248 g/mol. The topological polar surface area (TPSA) is 113 Å². The van der Waals surface area contributed by atoms with Gasteiger partial charge in [-0.2, -0.15) is 5.10 Å². The number of aryl methyl sites for hydroxylation is 1. The highest BCUT2D eigenvalue weighted by Crippen LogP contribution is 2.15. The first-order chi connectivity index (χ1) is 9.13. The standard InChI is InChI=1S/C12H22N4O3/c1-3-4-9-10(13)11(16-15-9)12(18)14-8(5-6-17)7-19-2/h8,17H,3-7,13H2,1-2H3,(H,14,18)(H,15,16). The summed E-state index contributed by atoms with van der Waals surface area (Å²) in [6, 6.07) is -0.256.